The maximum Gasteiger partial charge on any atom is 0.305 e. The molecule has 0 aliphatic rings. The number of ether oxygens (including phenoxy) is 1. The summed E-state index contributed by atoms with van der Waals surface area (Å²) >= 11 is 0. The molecule has 11 heavy (non-hydrogen) atoms. The van der Waals surface area contributed by atoms with Crippen LogP contribution in [0.5, 0.6) is 0 Å². The Morgan fingerprint density at radius 3 is 2.45 bits per heavy atom. The number of esters is 1. The van der Waals surface area contributed by atoms with Crippen LogP contribution >= 0.6 is 0 Å². The van der Waals surface area contributed by atoms with E-state index >= 15 is 0 Å². The number of rotatable bonds is 4. The molecule has 0 saturated heterocycles. The van der Waals surface area contributed by atoms with Crippen molar-refractivity contribution in [3.63, 3.8) is 0 Å². The van der Waals surface area contributed by atoms with Crippen molar-refractivity contribution in [1.29, 1.82) is 0 Å². The Hall–Kier alpha value is -1.10. The lowest BCUT2D eigenvalue weighted by atomic mass is 10.1. The summed E-state index contributed by atoms with van der Waals surface area (Å²) in [5.41, 5.74) is 10.1. The van der Waals surface area contributed by atoms with Crippen molar-refractivity contribution in [2.24, 2.45) is 11.5 Å². The van der Waals surface area contributed by atoms with Crippen molar-refractivity contribution in [3.05, 3.63) is 0 Å². The number of amides is 1. The van der Waals surface area contributed by atoms with Crippen LogP contribution in [0.2, 0.25) is 0 Å². The molecule has 1 amide bonds. The Balaban J connectivity index is 3.54. The molecule has 0 aliphatic carbocycles. The molecule has 5 heteroatoms. The first-order chi connectivity index (χ1) is 5.07. The molecule has 0 radical (unpaired) electrons. The molecular weight excluding hydrogens is 148 g/mol. The highest BCUT2D eigenvalue weighted by molar-refractivity contribution is 5.80. The standard InChI is InChI=1S/C6H12N2O3/c1-11-5(9)3-2-4(7)6(8)10/h4H,2-3,7H2,1H3,(H2,8,10)/t4-/m1/s1. The number of carbonyl (C=O) groups is 2. The zero-order valence-corrected chi connectivity index (χ0v) is 6.37. The summed E-state index contributed by atoms with van der Waals surface area (Å²) in [6.07, 6.45) is 0.364. The maximum absolute atomic E-state index is 10.5. The van der Waals surface area contributed by atoms with Crippen molar-refractivity contribution in [1.82, 2.24) is 0 Å². The van der Waals surface area contributed by atoms with E-state index in [1.165, 1.54) is 7.11 Å². The normalized spacial score (nSPS) is 12.2. The predicted molar refractivity (Wildman–Crippen MR) is 38.4 cm³/mol. The molecule has 64 valence electrons. The highest BCUT2D eigenvalue weighted by Crippen LogP contribution is 1.94. The van der Waals surface area contributed by atoms with Crippen molar-refractivity contribution in [2.75, 3.05) is 7.11 Å². The molecule has 4 N–H and O–H groups in total. The third-order valence-electron chi connectivity index (χ3n) is 1.25. The molecule has 0 saturated carbocycles. The van der Waals surface area contributed by atoms with Gasteiger partial charge in [0, 0.05) is 6.42 Å². The van der Waals surface area contributed by atoms with Crippen molar-refractivity contribution >= 4 is 11.9 Å². The van der Waals surface area contributed by atoms with Crippen molar-refractivity contribution in [2.45, 2.75) is 18.9 Å². The lowest BCUT2D eigenvalue weighted by molar-refractivity contribution is -0.140. The Kier molecular flexibility index (Phi) is 4.21. The third kappa shape index (κ3) is 4.32. The van der Waals surface area contributed by atoms with Gasteiger partial charge in [0.15, 0.2) is 0 Å². The van der Waals surface area contributed by atoms with Gasteiger partial charge in [0.2, 0.25) is 5.91 Å². The first kappa shape index (κ1) is 9.90. The minimum atomic E-state index is -0.755. The largest absolute Gasteiger partial charge is 0.469 e. The number of primary amides is 1. The Morgan fingerprint density at radius 2 is 2.09 bits per heavy atom. The smallest absolute Gasteiger partial charge is 0.305 e. The Labute approximate surface area is 64.7 Å². The van der Waals surface area contributed by atoms with E-state index in [4.69, 9.17) is 11.5 Å². The van der Waals surface area contributed by atoms with E-state index in [1.54, 1.807) is 0 Å². The van der Waals surface area contributed by atoms with Crippen LogP contribution in [-0.2, 0) is 14.3 Å². The van der Waals surface area contributed by atoms with Crippen molar-refractivity contribution < 1.29 is 14.3 Å². The fraction of sp³-hybridized carbons (Fsp3) is 0.667. The molecule has 0 heterocycles. The lowest BCUT2D eigenvalue weighted by Gasteiger charge is -2.04. The van der Waals surface area contributed by atoms with Crippen LogP contribution in [0.1, 0.15) is 12.8 Å². The second-order valence-corrected chi connectivity index (χ2v) is 2.12. The van der Waals surface area contributed by atoms with Crippen LogP contribution in [0.15, 0.2) is 0 Å². The van der Waals surface area contributed by atoms with Gasteiger partial charge in [0.1, 0.15) is 0 Å². The zero-order valence-electron chi connectivity index (χ0n) is 6.37. The monoisotopic (exact) mass is 160 g/mol. The quantitative estimate of drug-likeness (QED) is 0.502. The van der Waals surface area contributed by atoms with Gasteiger partial charge in [-0.15, -0.1) is 0 Å². The molecule has 0 aromatic carbocycles. The summed E-state index contributed by atoms with van der Waals surface area (Å²) < 4.78 is 4.33. The van der Waals surface area contributed by atoms with E-state index in [9.17, 15) is 9.59 Å². The number of carbonyl (C=O) groups excluding carboxylic acids is 2. The summed E-state index contributed by atoms with van der Waals surface area (Å²) in [4.78, 5) is 20.9. The van der Waals surface area contributed by atoms with Crippen LogP contribution in [0, 0.1) is 0 Å². The summed E-state index contributed by atoms with van der Waals surface area (Å²) in [6.45, 7) is 0. The second-order valence-electron chi connectivity index (χ2n) is 2.12. The second kappa shape index (κ2) is 4.68. The van der Waals surface area contributed by atoms with Gasteiger partial charge >= 0.3 is 5.97 Å². The third-order valence-corrected chi connectivity index (χ3v) is 1.25. The Bertz CT molecular complexity index is 158. The maximum atomic E-state index is 10.5. The van der Waals surface area contributed by atoms with Gasteiger partial charge in [-0.25, -0.2) is 0 Å². The zero-order chi connectivity index (χ0) is 8.85. The van der Waals surface area contributed by atoms with E-state index in [-0.39, 0.29) is 18.8 Å². The number of nitrogens with two attached hydrogens (primary N) is 2. The molecule has 0 aromatic heterocycles. The minimum absolute atomic E-state index is 0.126. The summed E-state index contributed by atoms with van der Waals surface area (Å²) in [6, 6.07) is -0.755. The van der Waals surface area contributed by atoms with Crippen LogP contribution < -0.4 is 11.5 Å². The number of hydrogen-bond donors (Lipinski definition) is 2. The average molecular weight is 160 g/mol. The van der Waals surface area contributed by atoms with Crippen molar-refractivity contribution in [3.8, 4) is 0 Å². The van der Waals surface area contributed by atoms with Gasteiger partial charge in [0.05, 0.1) is 13.2 Å². The predicted octanol–water partition coefficient (Wildman–Crippen LogP) is -1.25. The fourth-order valence-corrected chi connectivity index (χ4v) is 0.518. The van der Waals surface area contributed by atoms with E-state index in [0.717, 1.165) is 0 Å². The van der Waals surface area contributed by atoms with Crippen LogP contribution in [0.4, 0.5) is 0 Å². The molecule has 0 unspecified atom stereocenters. The fourth-order valence-electron chi connectivity index (χ4n) is 0.518. The van der Waals surface area contributed by atoms with Gasteiger partial charge in [-0.05, 0) is 6.42 Å². The van der Waals surface area contributed by atoms with Gasteiger partial charge in [-0.3, -0.25) is 9.59 Å². The summed E-state index contributed by atoms with van der Waals surface area (Å²) in [5.74, 6) is -0.990. The minimum Gasteiger partial charge on any atom is -0.469 e. The highest BCUT2D eigenvalue weighted by Gasteiger charge is 2.11. The topological polar surface area (TPSA) is 95.4 Å². The molecule has 0 fully saturated rings. The molecule has 1 atom stereocenters. The van der Waals surface area contributed by atoms with Gasteiger partial charge in [-0.1, -0.05) is 0 Å². The van der Waals surface area contributed by atoms with Gasteiger partial charge < -0.3 is 16.2 Å². The van der Waals surface area contributed by atoms with Crippen LogP contribution in [-0.4, -0.2) is 25.0 Å². The molecular formula is C6H12N2O3. The molecule has 0 aromatic rings. The first-order valence-electron chi connectivity index (χ1n) is 3.19. The van der Waals surface area contributed by atoms with E-state index in [1.807, 2.05) is 0 Å². The molecule has 5 nitrogen and oxygen atoms in total. The SMILES string of the molecule is COC(=O)CC[C@@H](N)C(N)=O. The van der Waals surface area contributed by atoms with E-state index in [2.05, 4.69) is 4.74 Å². The number of hydrogen-bond acceptors (Lipinski definition) is 4. The Morgan fingerprint density at radius 1 is 1.55 bits per heavy atom. The average Bonchev–Trinajstić information content (AvgIpc) is 1.99. The summed E-state index contributed by atoms with van der Waals surface area (Å²) in [5, 5.41) is 0. The van der Waals surface area contributed by atoms with Gasteiger partial charge in [0.25, 0.3) is 0 Å². The van der Waals surface area contributed by atoms with Crippen LogP contribution in [0.3, 0.4) is 0 Å². The summed E-state index contributed by atoms with van der Waals surface area (Å²) in [7, 11) is 1.28. The first-order valence-corrected chi connectivity index (χ1v) is 3.19. The van der Waals surface area contributed by atoms with E-state index < -0.39 is 11.9 Å². The van der Waals surface area contributed by atoms with Crippen LogP contribution in [0.25, 0.3) is 0 Å². The molecule has 0 aliphatic heterocycles. The number of methoxy groups -OCH3 is 1. The molecule has 0 rings (SSSR count). The highest BCUT2D eigenvalue weighted by atomic mass is 16.5. The molecule has 0 spiro atoms. The van der Waals surface area contributed by atoms with Gasteiger partial charge in [-0.2, -0.15) is 0 Å². The molecule has 0 bridgehead atoms. The van der Waals surface area contributed by atoms with E-state index in [0.29, 0.717) is 0 Å². The lowest BCUT2D eigenvalue weighted by Crippen LogP contribution is -2.36.